The van der Waals surface area contributed by atoms with Crippen LogP contribution in [-0.4, -0.2) is 42.1 Å². The van der Waals surface area contributed by atoms with E-state index < -0.39 is 11.4 Å². The highest BCUT2D eigenvalue weighted by Gasteiger charge is 2.58. The maximum absolute atomic E-state index is 12.0. The van der Waals surface area contributed by atoms with E-state index in [0.29, 0.717) is 31.7 Å². The van der Waals surface area contributed by atoms with Crippen LogP contribution >= 0.6 is 15.9 Å². The summed E-state index contributed by atoms with van der Waals surface area (Å²) in [6.45, 7) is 0.698. The van der Waals surface area contributed by atoms with E-state index in [4.69, 9.17) is 9.84 Å². The van der Waals surface area contributed by atoms with Crippen LogP contribution in [0.5, 0.6) is 5.75 Å². The Hall–Kier alpha value is -1.56. The van der Waals surface area contributed by atoms with Gasteiger partial charge in [-0.2, -0.15) is 0 Å². The molecule has 1 saturated carbocycles. The molecule has 1 aromatic carbocycles. The number of carbonyl (C=O) groups is 2. The monoisotopic (exact) mass is 341 g/mol. The minimum atomic E-state index is -1.17. The Morgan fingerprint density at radius 3 is 2.45 bits per heavy atom. The Morgan fingerprint density at radius 2 is 1.95 bits per heavy atom. The molecule has 0 bridgehead atoms. The van der Waals surface area contributed by atoms with Gasteiger partial charge in [0.2, 0.25) is 5.91 Å². The van der Waals surface area contributed by atoms with Crippen molar-refractivity contribution in [2.45, 2.75) is 12.8 Å². The second kappa shape index (κ2) is 5.83. The maximum Gasteiger partial charge on any atom is 0.319 e. The summed E-state index contributed by atoms with van der Waals surface area (Å²) in [5.41, 5.74) is -1.17. The first kappa shape index (κ1) is 14.8. The molecule has 0 spiro atoms. The van der Waals surface area contributed by atoms with Crippen molar-refractivity contribution in [1.29, 1.82) is 0 Å². The lowest BCUT2D eigenvalue weighted by molar-refractivity contribution is -0.153. The quantitative estimate of drug-likeness (QED) is 0.805. The molecule has 0 atom stereocenters. The van der Waals surface area contributed by atoms with Crippen LogP contribution in [0.4, 0.5) is 0 Å². The lowest BCUT2D eigenvalue weighted by atomic mass is 10.1. The molecule has 1 fully saturated rings. The summed E-state index contributed by atoms with van der Waals surface area (Å²) in [6.07, 6.45) is 0.859. The van der Waals surface area contributed by atoms with E-state index in [9.17, 15) is 9.59 Å². The van der Waals surface area contributed by atoms with Crippen molar-refractivity contribution in [2.75, 3.05) is 20.2 Å². The van der Waals surface area contributed by atoms with Gasteiger partial charge in [-0.1, -0.05) is 15.9 Å². The van der Waals surface area contributed by atoms with Gasteiger partial charge in [-0.05, 0) is 37.1 Å². The number of ether oxygens (including phenoxy) is 1. The lowest BCUT2D eigenvalue weighted by Crippen LogP contribution is -2.40. The predicted molar refractivity (Wildman–Crippen MR) is 76.6 cm³/mol. The second-order valence-corrected chi connectivity index (χ2v) is 5.83. The molecule has 0 aliphatic heterocycles. The van der Waals surface area contributed by atoms with E-state index in [1.807, 2.05) is 24.3 Å². The van der Waals surface area contributed by atoms with Gasteiger partial charge in [0, 0.05) is 11.5 Å². The SMILES string of the molecule is CN(CCOc1ccc(Br)cc1)C(=O)C1(C(=O)O)CC1. The Labute approximate surface area is 125 Å². The van der Waals surface area contributed by atoms with E-state index in [0.717, 1.165) is 4.47 Å². The molecule has 6 heteroatoms. The number of hydrogen-bond acceptors (Lipinski definition) is 3. The third-order valence-electron chi connectivity index (χ3n) is 3.42. The fourth-order valence-electron chi connectivity index (χ4n) is 1.94. The van der Waals surface area contributed by atoms with E-state index >= 15 is 0 Å². The number of amides is 1. The standard InChI is InChI=1S/C14H16BrNO4/c1-16(12(17)14(6-7-14)13(18)19)8-9-20-11-4-2-10(15)3-5-11/h2-5H,6-9H2,1H3,(H,18,19). The summed E-state index contributed by atoms with van der Waals surface area (Å²) in [7, 11) is 1.61. The molecule has 1 aliphatic rings. The lowest BCUT2D eigenvalue weighted by Gasteiger charge is -2.21. The predicted octanol–water partition coefficient (Wildman–Crippen LogP) is 2.15. The molecule has 1 aromatic rings. The Bertz CT molecular complexity index is 510. The smallest absolute Gasteiger partial charge is 0.319 e. The number of benzene rings is 1. The number of hydrogen-bond donors (Lipinski definition) is 1. The number of rotatable bonds is 6. The third-order valence-corrected chi connectivity index (χ3v) is 3.95. The summed E-state index contributed by atoms with van der Waals surface area (Å²) < 4.78 is 6.48. The third kappa shape index (κ3) is 3.12. The molecule has 0 saturated heterocycles. The first-order valence-corrected chi connectivity index (χ1v) is 7.12. The Balaban J connectivity index is 1.81. The van der Waals surface area contributed by atoms with Crippen molar-refractivity contribution < 1.29 is 19.4 Å². The van der Waals surface area contributed by atoms with Gasteiger partial charge in [0.1, 0.15) is 17.8 Å². The number of carbonyl (C=O) groups excluding carboxylic acids is 1. The molecule has 0 radical (unpaired) electrons. The topological polar surface area (TPSA) is 66.8 Å². The first-order valence-electron chi connectivity index (χ1n) is 6.33. The summed E-state index contributed by atoms with van der Waals surface area (Å²) in [5.74, 6) is -0.638. The van der Waals surface area contributed by atoms with Crippen molar-refractivity contribution >= 4 is 27.8 Å². The second-order valence-electron chi connectivity index (χ2n) is 4.92. The van der Waals surface area contributed by atoms with Gasteiger partial charge >= 0.3 is 5.97 Å². The summed E-state index contributed by atoms with van der Waals surface area (Å²) in [4.78, 5) is 24.5. The van der Waals surface area contributed by atoms with Gasteiger partial charge in [-0.25, -0.2) is 0 Å². The van der Waals surface area contributed by atoms with Crippen LogP contribution in [0.2, 0.25) is 0 Å². The molecule has 0 aromatic heterocycles. The summed E-state index contributed by atoms with van der Waals surface area (Å²) >= 11 is 3.33. The average molecular weight is 342 g/mol. The maximum atomic E-state index is 12.0. The molecular weight excluding hydrogens is 326 g/mol. The molecule has 108 valence electrons. The van der Waals surface area contributed by atoms with Crippen molar-refractivity contribution in [2.24, 2.45) is 5.41 Å². The zero-order valence-corrected chi connectivity index (χ0v) is 12.7. The number of carboxylic acids is 1. The molecule has 5 nitrogen and oxygen atoms in total. The van der Waals surface area contributed by atoms with Crippen LogP contribution in [0.3, 0.4) is 0 Å². The normalized spacial score (nSPS) is 15.5. The fraction of sp³-hybridized carbons (Fsp3) is 0.429. The van der Waals surface area contributed by atoms with Crippen molar-refractivity contribution in [3.8, 4) is 5.75 Å². The average Bonchev–Trinajstić information content (AvgIpc) is 3.21. The minimum Gasteiger partial charge on any atom is -0.492 e. The Kier molecular flexibility index (Phi) is 4.32. The zero-order chi connectivity index (χ0) is 14.8. The molecule has 0 unspecified atom stereocenters. The van der Waals surface area contributed by atoms with Crippen LogP contribution in [0.15, 0.2) is 28.7 Å². The highest BCUT2D eigenvalue weighted by atomic mass is 79.9. The molecule has 1 N–H and O–H groups in total. The largest absolute Gasteiger partial charge is 0.492 e. The van der Waals surface area contributed by atoms with Crippen LogP contribution in [-0.2, 0) is 9.59 Å². The highest BCUT2D eigenvalue weighted by Crippen LogP contribution is 2.47. The van der Waals surface area contributed by atoms with Crippen molar-refractivity contribution in [1.82, 2.24) is 4.90 Å². The van der Waals surface area contributed by atoms with Gasteiger partial charge in [-0.3, -0.25) is 9.59 Å². The van der Waals surface area contributed by atoms with Crippen LogP contribution in [0, 0.1) is 5.41 Å². The van der Waals surface area contributed by atoms with Crippen molar-refractivity contribution in [3.63, 3.8) is 0 Å². The number of aliphatic carboxylic acids is 1. The van der Waals surface area contributed by atoms with Crippen molar-refractivity contribution in [3.05, 3.63) is 28.7 Å². The molecule has 20 heavy (non-hydrogen) atoms. The van der Waals surface area contributed by atoms with E-state index in [2.05, 4.69) is 15.9 Å². The first-order chi connectivity index (χ1) is 9.45. The number of nitrogens with zero attached hydrogens (tertiary/aromatic N) is 1. The van der Waals surface area contributed by atoms with E-state index in [1.54, 1.807) is 7.05 Å². The van der Waals surface area contributed by atoms with Crippen LogP contribution < -0.4 is 4.74 Å². The van der Waals surface area contributed by atoms with E-state index in [1.165, 1.54) is 4.90 Å². The van der Waals surface area contributed by atoms with Gasteiger partial charge in [0.15, 0.2) is 0 Å². The number of carboxylic acid groups (broad SMARTS) is 1. The van der Waals surface area contributed by atoms with Gasteiger partial charge in [0.05, 0.1) is 6.54 Å². The minimum absolute atomic E-state index is 0.329. The molecule has 2 rings (SSSR count). The summed E-state index contributed by atoms with van der Waals surface area (Å²) in [5, 5.41) is 9.07. The molecule has 1 amide bonds. The molecular formula is C14H16BrNO4. The fourth-order valence-corrected chi connectivity index (χ4v) is 2.21. The van der Waals surface area contributed by atoms with E-state index in [-0.39, 0.29) is 5.91 Å². The Morgan fingerprint density at radius 1 is 1.35 bits per heavy atom. The van der Waals surface area contributed by atoms with Gasteiger partial charge < -0.3 is 14.7 Å². The van der Waals surface area contributed by atoms with Gasteiger partial charge in [-0.15, -0.1) is 0 Å². The molecule has 0 heterocycles. The highest BCUT2D eigenvalue weighted by molar-refractivity contribution is 9.10. The van der Waals surface area contributed by atoms with Gasteiger partial charge in [0.25, 0.3) is 0 Å². The number of likely N-dealkylation sites (N-methyl/N-ethyl adjacent to an activating group) is 1. The van der Waals surface area contributed by atoms with Crippen LogP contribution in [0.1, 0.15) is 12.8 Å². The van der Waals surface area contributed by atoms with Crippen LogP contribution in [0.25, 0.3) is 0 Å². The zero-order valence-electron chi connectivity index (χ0n) is 11.1. The summed E-state index contributed by atoms with van der Waals surface area (Å²) in [6, 6.07) is 7.39. The molecule has 1 aliphatic carbocycles. The number of halogens is 1.